The van der Waals surface area contributed by atoms with Crippen molar-refractivity contribution in [3.63, 3.8) is 0 Å². The molecule has 0 aliphatic carbocycles. The second-order valence-corrected chi connectivity index (χ2v) is 15.9. The number of likely N-dealkylation sites (N-methyl/N-ethyl adjacent to an activating group) is 1. The summed E-state index contributed by atoms with van der Waals surface area (Å²) in [5, 5.41) is 11.6. The Bertz CT molecular complexity index is 926. The number of aliphatic carboxylic acids is 1. The summed E-state index contributed by atoms with van der Waals surface area (Å²) in [6, 6.07) is -0.725. The van der Waals surface area contributed by atoms with Crippen molar-refractivity contribution in [2.24, 2.45) is 0 Å². The van der Waals surface area contributed by atoms with E-state index in [0.717, 1.165) is 51.4 Å². The average molecular weight is 750 g/mol. The second-order valence-electron chi connectivity index (χ2n) is 15.9. The molecule has 0 radical (unpaired) electrons. The molecule has 2 atom stereocenters. The first-order valence-electron chi connectivity index (χ1n) is 21.9. The molecular formula is C45H83NO7. The van der Waals surface area contributed by atoms with Gasteiger partial charge in [-0.1, -0.05) is 141 Å². The third kappa shape index (κ3) is 35.3. The summed E-state index contributed by atoms with van der Waals surface area (Å²) in [7, 11) is 5.40. The lowest BCUT2D eigenvalue weighted by Crippen LogP contribution is -2.55. The minimum absolute atomic E-state index is 0.0388. The fourth-order valence-corrected chi connectivity index (χ4v) is 6.34. The number of ether oxygens (including phenoxy) is 3. The zero-order valence-corrected chi connectivity index (χ0v) is 35.2. The molecule has 0 aromatic carbocycles. The molecule has 53 heavy (non-hydrogen) atoms. The fourth-order valence-electron chi connectivity index (χ4n) is 6.34. The Morgan fingerprint density at radius 2 is 0.962 bits per heavy atom. The molecular weight excluding hydrogens is 666 g/mol. The van der Waals surface area contributed by atoms with Crippen LogP contribution in [-0.4, -0.2) is 75.5 Å². The van der Waals surface area contributed by atoms with Crippen molar-refractivity contribution in [1.29, 1.82) is 0 Å². The molecule has 0 aliphatic heterocycles. The van der Waals surface area contributed by atoms with Crippen LogP contribution in [0.25, 0.3) is 0 Å². The first-order valence-corrected chi connectivity index (χ1v) is 21.9. The highest BCUT2D eigenvalue weighted by Crippen LogP contribution is 2.14. The van der Waals surface area contributed by atoms with Crippen LogP contribution in [0.2, 0.25) is 0 Å². The maximum Gasteiger partial charge on any atom is 0.306 e. The Kier molecular flexibility index (Phi) is 35.2. The highest BCUT2D eigenvalue weighted by atomic mass is 16.6. The largest absolute Gasteiger partial charge is 0.544 e. The van der Waals surface area contributed by atoms with Crippen molar-refractivity contribution in [3.8, 4) is 0 Å². The summed E-state index contributed by atoms with van der Waals surface area (Å²) < 4.78 is 17.1. The molecule has 0 saturated heterocycles. The van der Waals surface area contributed by atoms with Crippen LogP contribution in [0, 0.1) is 0 Å². The fraction of sp³-hybridized carbons (Fsp3) is 0.844. The molecule has 0 saturated carbocycles. The molecule has 2 unspecified atom stereocenters. The minimum Gasteiger partial charge on any atom is -0.544 e. The number of esters is 2. The van der Waals surface area contributed by atoms with Gasteiger partial charge in [0.25, 0.3) is 0 Å². The molecule has 0 bridgehead atoms. The van der Waals surface area contributed by atoms with Crippen LogP contribution >= 0.6 is 0 Å². The molecule has 0 spiro atoms. The highest BCUT2D eigenvalue weighted by Gasteiger charge is 2.25. The summed E-state index contributed by atoms with van der Waals surface area (Å²) in [6.45, 7) is 4.61. The summed E-state index contributed by atoms with van der Waals surface area (Å²) in [5.74, 6) is -1.75. The van der Waals surface area contributed by atoms with Crippen LogP contribution in [0.3, 0.4) is 0 Å². The number of carbonyl (C=O) groups excluding carboxylic acids is 3. The van der Waals surface area contributed by atoms with Gasteiger partial charge in [0.2, 0.25) is 0 Å². The van der Waals surface area contributed by atoms with Gasteiger partial charge in [0.1, 0.15) is 12.6 Å². The molecule has 0 heterocycles. The number of hydrogen-bond donors (Lipinski definition) is 0. The van der Waals surface area contributed by atoms with Gasteiger partial charge in [0.15, 0.2) is 6.10 Å². The van der Waals surface area contributed by atoms with Gasteiger partial charge in [-0.3, -0.25) is 9.59 Å². The lowest BCUT2D eigenvalue weighted by Gasteiger charge is -2.34. The summed E-state index contributed by atoms with van der Waals surface area (Å²) in [6.07, 6.45) is 39.1. The normalized spacial score (nSPS) is 13.2. The van der Waals surface area contributed by atoms with Crippen molar-refractivity contribution in [2.45, 2.75) is 206 Å². The third-order valence-corrected chi connectivity index (χ3v) is 9.81. The Hall–Kier alpha value is -2.19. The van der Waals surface area contributed by atoms with E-state index in [1.807, 2.05) is 0 Å². The monoisotopic (exact) mass is 750 g/mol. The van der Waals surface area contributed by atoms with Crippen LogP contribution in [-0.2, 0) is 28.6 Å². The molecule has 0 fully saturated rings. The maximum absolute atomic E-state index is 12.7. The molecule has 8 heteroatoms. The number of carboxylic acids is 1. The highest BCUT2D eigenvalue weighted by molar-refractivity contribution is 5.70. The molecule has 0 aromatic heterocycles. The average Bonchev–Trinajstić information content (AvgIpc) is 3.11. The van der Waals surface area contributed by atoms with Crippen molar-refractivity contribution >= 4 is 17.9 Å². The number of quaternary nitrogens is 1. The molecule has 0 aliphatic rings. The lowest BCUT2D eigenvalue weighted by atomic mass is 10.1. The van der Waals surface area contributed by atoms with E-state index in [1.54, 1.807) is 21.1 Å². The van der Waals surface area contributed by atoms with E-state index < -0.39 is 18.1 Å². The number of nitrogens with zero attached hydrogens (tertiary/aromatic N) is 1. The van der Waals surface area contributed by atoms with Crippen LogP contribution in [0.4, 0.5) is 0 Å². The quantitative estimate of drug-likeness (QED) is 0.0267. The smallest absolute Gasteiger partial charge is 0.306 e. The molecule has 310 valence electrons. The van der Waals surface area contributed by atoms with Crippen LogP contribution in [0.1, 0.15) is 194 Å². The van der Waals surface area contributed by atoms with Gasteiger partial charge < -0.3 is 28.6 Å². The van der Waals surface area contributed by atoms with Gasteiger partial charge in [-0.05, 0) is 57.8 Å². The zero-order chi connectivity index (χ0) is 39.3. The van der Waals surface area contributed by atoms with Crippen molar-refractivity contribution in [3.05, 3.63) is 24.3 Å². The van der Waals surface area contributed by atoms with E-state index in [9.17, 15) is 19.5 Å². The predicted octanol–water partition coefficient (Wildman–Crippen LogP) is 10.4. The van der Waals surface area contributed by atoms with E-state index in [1.165, 1.54) is 109 Å². The maximum atomic E-state index is 12.7. The van der Waals surface area contributed by atoms with Crippen LogP contribution in [0.15, 0.2) is 24.3 Å². The van der Waals surface area contributed by atoms with Crippen molar-refractivity contribution in [1.82, 2.24) is 0 Å². The third-order valence-electron chi connectivity index (χ3n) is 9.81. The number of unbranched alkanes of at least 4 members (excludes halogenated alkanes) is 21. The molecule has 0 amide bonds. The van der Waals surface area contributed by atoms with E-state index in [2.05, 4.69) is 38.2 Å². The second kappa shape index (κ2) is 36.8. The Labute approximate surface area is 326 Å². The van der Waals surface area contributed by atoms with Gasteiger partial charge in [0, 0.05) is 19.3 Å². The van der Waals surface area contributed by atoms with E-state index >= 15 is 0 Å². The number of allylic oxidation sites excluding steroid dienone is 4. The number of hydrogen-bond acceptors (Lipinski definition) is 7. The van der Waals surface area contributed by atoms with Gasteiger partial charge in [-0.2, -0.15) is 0 Å². The SMILES string of the molecule is CCCC/C=C\CCCCCCCC(=O)OCC(COCCC(C(=O)[O-])[N+](C)(C)C)OC(=O)CCCCCCCCC/C=C\CCCCCCCCC. The van der Waals surface area contributed by atoms with Gasteiger partial charge in [-0.25, -0.2) is 0 Å². The molecule has 0 aromatic rings. The topological polar surface area (TPSA) is 102 Å². The predicted molar refractivity (Wildman–Crippen MR) is 217 cm³/mol. The number of carbonyl (C=O) groups is 3. The Morgan fingerprint density at radius 3 is 1.42 bits per heavy atom. The summed E-state index contributed by atoms with van der Waals surface area (Å²) in [5.41, 5.74) is 0. The first-order chi connectivity index (χ1) is 25.6. The minimum atomic E-state index is -1.13. The standard InChI is InChI=1S/C45H83NO7/c1-6-8-10-12-14-16-18-19-20-21-22-23-24-26-28-30-32-34-36-44(48)53-41(39-51-38-37-42(45(49)50)46(3,4)5)40-52-43(47)35-33-31-29-27-25-17-15-13-11-9-7-2/h13,15,20-21,41-42H,6-12,14,16-19,22-40H2,1-5H3/b15-13-,21-20-. The number of carboxylic acid groups (broad SMARTS) is 1. The Balaban J connectivity index is 4.32. The number of rotatable bonds is 39. The molecule has 0 rings (SSSR count). The van der Waals surface area contributed by atoms with Crippen molar-refractivity contribution in [2.75, 3.05) is 41.0 Å². The van der Waals surface area contributed by atoms with E-state index in [0.29, 0.717) is 12.8 Å². The molecule has 8 nitrogen and oxygen atoms in total. The van der Waals surface area contributed by atoms with Crippen molar-refractivity contribution < 1.29 is 38.2 Å². The van der Waals surface area contributed by atoms with Gasteiger partial charge in [0.05, 0.1) is 40.3 Å². The van der Waals surface area contributed by atoms with Gasteiger partial charge in [-0.15, -0.1) is 0 Å². The van der Waals surface area contributed by atoms with E-state index in [-0.39, 0.29) is 42.7 Å². The first kappa shape index (κ1) is 50.8. The summed E-state index contributed by atoms with van der Waals surface area (Å²) >= 11 is 0. The Morgan fingerprint density at radius 1 is 0.547 bits per heavy atom. The van der Waals surface area contributed by atoms with E-state index in [4.69, 9.17) is 14.2 Å². The van der Waals surface area contributed by atoms with Crippen LogP contribution < -0.4 is 5.11 Å². The zero-order valence-electron chi connectivity index (χ0n) is 35.2. The lowest BCUT2D eigenvalue weighted by molar-refractivity contribution is -0.889. The van der Waals surface area contributed by atoms with Gasteiger partial charge >= 0.3 is 11.9 Å². The van der Waals surface area contributed by atoms with Crippen LogP contribution in [0.5, 0.6) is 0 Å². The molecule has 0 N–H and O–H groups in total. The summed E-state index contributed by atoms with van der Waals surface area (Å²) in [4.78, 5) is 36.8.